The summed E-state index contributed by atoms with van der Waals surface area (Å²) in [5.74, 6) is -0.112. The fraction of sp³-hybridized carbons (Fsp3) is 0. The highest BCUT2D eigenvalue weighted by molar-refractivity contribution is 9.10. The Balaban J connectivity index is 2.40. The molecule has 2 rings (SSSR count). The van der Waals surface area contributed by atoms with Crippen LogP contribution in [0.5, 0.6) is 0 Å². The number of hydrogen-bond acceptors (Lipinski definition) is 1. The van der Waals surface area contributed by atoms with E-state index < -0.39 is 0 Å². The second-order valence-corrected chi connectivity index (χ2v) is 5.22. The van der Waals surface area contributed by atoms with Crippen LogP contribution in [0.4, 0.5) is 0 Å². The van der Waals surface area contributed by atoms with Crippen LogP contribution in [-0.4, -0.2) is 5.78 Å². The molecule has 0 radical (unpaired) electrons. The molecular weight excluding hydrogens is 323 g/mol. The van der Waals surface area contributed by atoms with Crippen molar-refractivity contribution < 1.29 is 4.79 Å². The SMILES string of the molecule is O=C(c1ccc(Br)cc1)c1ccc(Cl)cc1Cl. The number of halogens is 3. The molecule has 17 heavy (non-hydrogen) atoms. The molecule has 4 heteroatoms. The first-order valence-corrected chi connectivity index (χ1v) is 6.38. The summed E-state index contributed by atoms with van der Waals surface area (Å²) < 4.78 is 0.927. The second-order valence-electron chi connectivity index (χ2n) is 3.46. The topological polar surface area (TPSA) is 17.1 Å². The highest BCUT2D eigenvalue weighted by Crippen LogP contribution is 2.24. The van der Waals surface area contributed by atoms with Crippen LogP contribution in [0.15, 0.2) is 46.9 Å². The minimum absolute atomic E-state index is 0.112. The monoisotopic (exact) mass is 328 g/mol. The van der Waals surface area contributed by atoms with E-state index in [9.17, 15) is 4.79 Å². The molecule has 86 valence electrons. The van der Waals surface area contributed by atoms with Gasteiger partial charge in [-0.2, -0.15) is 0 Å². The molecule has 0 aromatic heterocycles. The van der Waals surface area contributed by atoms with Crippen molar-refractivity contribution in [3.05, 3.63) is 68.1 Å². The van der Waals surface area contributed by atoms with Gasteiger partial charge >= 0.3 is 0 Å². The van der Waals surface area contributed by atoms with Crippen LogP contribution >= 0.6 is 39.1 Å². The van der Waals surface area contributed by atoms with Gasteiger partial charge in [-0.25, -0.2) is 0 Å². The van der Waals surface area contributed by atoms with Gasteiger partial charge in [-0.1, -0.05) is 39.1 Å². The molecular formula is C13H7BrCl2O. The molecule has 0 spiro atoms. The number of carbonyl (C=O) groups excluding carboxylic acids is 1. The maximum absolute atomic E-state index is 12.1. The third-order valence-corrected chi connectivity index (χ3v) is 3.36. The molecule has 2 aromatic rings. The smallest absolute Gasteiger partial charge is 0.194 e. The van der Waals surface area contributed by atoms with E-state index in [-0.39, 0.29) is 5.78 Å². The lowest BCUT2D eigenvalue weighted by molar-refractivity contribution is 0.103. The summed E-state index contributed by atoms with van der Waals surface area (Å²) in [6.45, 7) is 0. The maximum Gasteiger partial charge on any atom is 0.194 e. The lowest BCUT2D eigenvalue weighted by Crippen LogP contribution is -2.01. The van der Waals surface area contributed by atoms with Gasteiger partial charge in [0.2, 0.25) is 0 Å². The Hall–Kier alpha value is -0.830. The molecule has 0 aliphatic carbocycles. The van der Waals surface area contributed by atoms with Gasteiger partial charge in [0.1, 0.15) is 0 Å². The summed E-state index contributed by atoms with van der Waals surface area (Å²) in [4.78, 5) is 12.1. The Morgan fingerprint density at radius 3 is 2.24 bits per heavy atom. The van der Waals surface area contributed by atoms with E-state index in [1.165, 1.54) is 0 Å². The third kappa shape index (κ3) is 2.89. The minimum Gasteiger partial charge on any atom is -0.289 e. The van der Waals surface area contributed by atoms with E-state index in [0.29, 0.717) is 21.2 Å². The Labute approximate surface area is 117 Å². The Bertz CT molecular complexity index is 564. The van der Waals surface area contributed by atoms with Gasteiger partial charge in [0.05, 0.1) is 5.02 Å². The zero-order valence-electron chi connectivity index (χ0n) is 8.58. The van der Waals surface area contributed by atoms with Gasteiger partial charge in [0.25, 0.3) is 0 Å². The van der Waals surface area contributed by atoms with Crippen molar-refractivity contribution in [2.45, 2.75) is 0 Å². The normalized spacial score (nSPS) is 10.3. The first kappa shape index (κ1) is 12.6. The van der Waals surface area contributed by atoms with E-state index in [2.05, 4.69) is 15.9 Å². The predicted molar refractivity (Wildman–Crippen MR) is 74.0 cm³/mol. The summed E-state index contributed by atoms with van der Waals surface area (Å²) >= 11 is 15.1. The molecule has 0 atom stereocenters. The average Bonchev–Trinajstić information content (AvgIpc) is 2.29. The molecule has 0 bridgehead atoms. The molecule has 0 saturated carbocycles. The molecule has 2 aromatic carbocycles. The second kappa shape index (κ2) is 5.21. The summed E-state index contributed by atoms with van der Waals surface area (Å²) in [6.07, 6.45) is 0. The minimum atomic E-state index is -0.112. The maximum atomic E-state index is 12.1. The van der Waals surface area contributed by atoms with Crippen molar-refractivity contribution in [3.8, 4) is 0 Å². The van der Waals surface area contributed by atoms with Crippen LogP contribution in [0.2, 0.25) is 10.0 Å². The number of hydrogen-bond donors (Lipinski definition) is 0. The van der Waals surface area contributed by atoms with Gasteiger partial charge in [0.15, 0.2) is 5.78 Å². The van der Waals surface area contributed by atoms with Crippen molar-refractivity contribution in [3.63, 3.8) is 0 Å². The zero-order valence-corrected chi connectivity index (χ0v) is 11.7. The number of benzene rings is 2. The zero-order chi connectivity index (χ0) is 12.4. The molecule has 0 heterocycles. The summed E-state index contributed by atoms with van der Waals surface area (Å²) in [5.41, 5.74) is 1.05. The highest BCUT2D eigenvalue weighted by Gasteiger charge is 2.12. The molecule has 0 unspecified atom stereocenters. The van der Waals surface area contributed by atoms with Crippen LogP contribution in [0, 0.1) is 0 Å². The lowest BCUT2D eigenvalue weighted by atomic mass is 10.0. The summed E-state index contributed by atoms with van der Waals surface area (Å²) in [7, 11) is 0. The van der Waals surface area contributed by atoms with Crippen LogP contribution in [0.1, 0.15) is 15.9 Å². The van der Waals surface area contributed by atoms with E-state index in [1.54, 1.807) is 30.3 Å². The molecule has 0 saturated heterocycles. The predicted octanol–water partition coefficient (Wildman–Crippen LogP) is 4.99. The van der Waals surface area contributed by atoms with Crippen LogP contribution in [0.25, 0.3) is 0 Å². The first-order chi connectivity index (χ1) is 8.08. The van der Waals surface area contributed by atoms with Crippen LogP contribution < -0.4 is 0 Å². The van der Waals surface area contributed by atoms with E-state index in [4.69, 9.17) is 23.2 Å². The number of ketones is 1. The quantitative estimate of drug-likeness (QED) is 0.709. The number of rotatable bonds is 2. The fourth-order valence-corrected chi connectivity index (χ4v) is 2.19. The van der Waals surface area contributed by atoms with Crippen molar-refractivity contribution in [1.82, 2.24) is 0 Å². The van der Waals surface area contributed by atoms with Gasteiger partial charge in [-0.3, -0.25) is 4.79 Å². The summed E-state index contributed by atoms with van der Waals surface area (Å²) in [6, 6.07) is 12.0. The van der Waals surface area contributed by atoms with Crippen molar-refractivity contribution in [2.24, 2.45) is 0 Å². The van der Waals surface area contributed by atoms with E-state index >= 15 is 0 Å². The van der Waals surface area contributed by atoms with Crippen LogP contribution in [-0.2, 0) is 0 Å². The Morgan fingerprint density at radius 2 is 1.65 bits per heavy atom. The fourth-order valence-electron chi connectivity index (χ4n) is 1.43. The van der Waals surface area contributed by atoms with E-state index in [1.807, 2.05) is 12.1 Å². The van der Waals surface area contributed by atoms with E-state index in [0.717, 1.165) is 4.47 Å². The number of carbonyl (C=O) groups is 1. The molecule has 1 nitrogen and oxygen atoms in total. The standard InChI is InChI=1S/C13H7BrCl2O/c14-9-3-1-8(2-4-9)13(17)11-6-5-10(15)7-12(11)16/h1-7H. The van der Waals surface area contributed by atoms with Crippen molar-refractivity contribution in [1.29, 1.82) is 0 Å². The molecule has 0 amide bonds. The van der Waals surface area contributed by atoms with Crippen LogP contribution in [0.3, 0.4) is 0 Å². The Kier molecular flexibility index (Phi) is 3.87. The average molecular weight is 330 g/mol. The molecule has 0 aliphatic heterocycles. The summed E-state index contributed by atoms with van der Waals surface area (Å²) in [5, 5.41) is 0.882. The van der Waals surface area contributed by atoms with Gasteiger partial charge in [-0.15, -0.1) is 0 Å². The van der Waals surface area contributed by atoms with Crippen molar-refractivity contribution >= 4 is 44.9 Å². The van der Waals surface area contributed by atoms with Gasteiger partial charge in [-0.05, 0) is 42.5 Å². The van der Waals surface area contributed by atoms with Gasteiger partial charge < -0.3 is 0 Å². The Morgan fingerprint density at radius 1 is 1.00 bits per heavy atom. The first-order valence-electron chi connectivity index (χ1n) is 4.83. The highest BCUT2D eigenvalue weighted by atomic mass is 79.9. The molecule has 0 fully saturated rings. The third-order valence-electron chi connectivity index (χ3n) is 2.28. The van der Waals surface area contributed by atoms with Gasteiger partial charge in [0, 0.05) is 20.6 Å². The molecule has 0 aliphatic rings. The largest absolute Gasteiger partial charge is 0.289 e. The lowest BCUT2D eigenvalue weighted by Gasteiger charge is -2.04. The molecule has 0 N–H and O–H groups in total. The van der Waals surface area contributed by atoms with Crippen molar-refractivity contribution in [2.75, 3.05) is 0 Å².